The van der Waals surface area contributed by atoms with E-state index in [1.165, 1.54) is 21.1 Å². The fourth-order valence-corrected chi connectivity index (χ4v) is 1.56. The minimum atomic E-state index is -1.49. The SMILES string of the molecule is COc1ccc(OC)c(CC(C)(C#N)C(=O)O)c1. The lowest BCUT2D eigenvalue weighted by molar-refractivity contribution is -0.144. The van der Waals surface area contributed by atoms with Crippen LogP contribution in [0.3, 0.4) is 0 Å². The van der Waals surface area contributed by atoms with Crippen molar-refractivity contribution in [2.45, 2.75) is 13.3 Å². The first-order valence-corrected chi connectivity index (χ1v) is 5.32. The predicted molar refractivity (Wildman–Crippen MR) is 64.6 cm³/mol. The summed E-state index contributed by atoms with van der Waals surface area (Å²) < 4.78 is 10.2. The Bertz CT molecular complexity index is 492. The van der Waals surface area contributed by atoms with Gasteiger partial charge in [0.05, 0.1) is 20.3 Å². The summed E-state index contributed by atoms with van der Waals surface area (Å²) in [6.45, 7) is 1.38. The monoisotopic (exact) mass is 249 g/mol. The molecule has 96 valence electrons. The van der Waals surface area contributed by atoms with Crippen molar-refractivity contribution in [3.05, 3.63) is 23.8 Å². The fourth-order valence-electron chi connectivity index (χ4n) is 1.56. The molecule has 1 N–H and O–H groups in total. The van der Waals surface area contributed by atoms with Crippen molar-refractivity contribution in [1.29, 1.82) is 5.26 Å². The van der Waals surface area contributed by atoms with Gasteiger partial charge in [0, 0.05) is 6.42 Å². The van der Waals surface area contributed by atoms with Crippen LogP contribution < -0.4 is 9.47 Å². The Kier molecular flexibility index (Phi) is 4.16. The minimum Gasteiger partial charge on any atom is -0.497 e. The van der Waals surface area contributed by atoms with Crippen molar-refractivity contribution < 1.29 is 19.4 Å². The highest BCUT2D eigenvalue weighted by atomic mass is 16.5. The highest BCUT2D eigenvalue weighted by Gasteiger charge is 2.34. The molecule has 1 atom stereocenters. The molecular formula is C13H15NO4. The Labute approximate surface area is 106 Å². The molecule has 0 spiro atoms. The molecule has 0 fully saturated rings. The Morgan fingerprint density at radius 3 is 2.56 bits per heavy atom. The largest absolute Gasteiger partial charge is 0.497 e. The Morgan fingerprint density at radius 1 is 1.44 bits per heavy atom. The number of hydrogen-bond acceptors (Lipinski definition) is 4. The van der Waals surface area contributed by atoms with Crippen molar-refractivity contribution in [3.8, 4) is 17.6 Å². The average molecular weight is 249 g/mol. The Hall–Kier alpha value is -2.22. The van der Waals surface area contributed by atoms with Crippen molar-refractivity contribution in [2.24, 2.45) is 5.41 Å². The Balaban J connectivity index is 3.16. The van der Waals surface area contributed by atoms with Crippen molar-refractivity contribution in [3.63, 3.8) is 0 Å². The molecule has 5 nitrogen and oxygen atoms in total. The number of methoxy groups -OCH3 is 2. The minimum absolute atomic E-state index is 0.0548. The third-order valence-corrected chi connectivity index (χ3v) is 2.75. The molecule has 1 aromatic carbocycles. The van der Waals surface area contributed by atoms with Crippen LogP contribution in [0.1, 0.15) is 12.5 Å². The normalized spacial score (nSPS) is 13.2. The van der Waals surface area contributed by atoms with Gasteiger partial charge in [-0.1, -0.05) is 0 Å². The molecule has 0 saturated carbocycles. The number of benzene rings is 1. The average Bonchev–Trinajstić information content (AvgIpc) is 2.38. The molecular weight excluding hydrogens is 234 g/mol. The second kappa shape index (κ2) is 5.41. The van der Waals surface area contributed by atoms with E-state index >= 15 is 0 Å². The predicted octanol–water partition coefficient (Wildman–Crippen LogP) is 1.86. The second-order valence-electron chi connectivity index (χ2n) is 4.10. The van der Waals surface area contributed by atoms with Gasteiger partial charge in [0.25, 0.3) is 0 Å². The summed E-state index contributed by atoms with van der Waals surface area (Å²) in [6.07, 6.45) is 0.0548. The molecule has 0 saturated heterocycles. The maximum absolute atomic E-state index is 11.1. The summed E-state index contributed by atoms with van der Waals surface area (Å²) in [5.41, 5.74) is -0.858. The van der Waals surface area contributed by atoms with Crippen LogP contribution in [0.4, 0.5) is 0 Å². The van der Waals surface area contributed by atoms with Gasteiger partial charge in [0.2, 0.25) is 0 Å². The van der Waals surface area contributed by atoms with Crippen LogP contribution in [-0.2, 0) is 11.2 Å². The lowest BCUT2D eigenvalue weighted by Gasteiger charge is -2.18. The molecule has 0 aliphatic heterocycles. The van der Waals surface area contributed by atoms with Crippen LogP contribution in [0.2, 0.25) is 0 Å². The zero-order valence-corrected chi connectivity index (χ0v) is 10.6. The summed E-state index contributed by atoms with van der Waals surface area (Å²) in [5, 5.41) is 18.1. The Morgan fingerprint density at radius 2 is 2.11 bits per heavy atom. The number of aliphatic carboxylic acids is 1. The number of rotatable bonds is 5. The first kappa shape index (κ1) is 13.8. The van der Waals surface area contributed by atoms with Gasteiger partial charge >= 0.3 is 5.97 Å². The molecule has 0 heterocycles. The summed E-state index contributed by atoms with van der Waals surface area (Å²) in [6, 6.07) is 6.90. The van der Waals surface area contributed by atoms with E-state index in [-0.39, 0.29) is 6.42 Å². The van der Waals surface area contributed by atoms with Crippen LogP contribution in [0, 0.1) is 16.7 Å². The molecule has 0 amide bonds. The van der Waals surface area contributed by atoms with E-state index in [9.17, 15) is 4.79 Å². The second-order valence-corrected chi connectivity index (χ2v) is 4.10. The van der Waals surface area contributed by atoms with Crippen molar-refractivity contribution >= 4 is 5.97 Å². The molecule has 18 heavy (non-hydrogen) atoms. The molecule has 0 bridgehead atoms. The van der Waals surface area contributed by atoms with Gasteiger partial charge in [-0.25, -0.2) is 0 Å². The third kappa shape index (κ3) is 2.72. The fraction of sp³-hybridized carbons (Fsp3) is 0.385. The van der Waals surface area contributed by atoms with E-state index in [4.69, 9.17) is 19.8 Å². The first-order chi connectivity index (χ1) is 8.46. The zero-order valence-electron chi connectivity index (χ0n) is 10.6. The van der Waals surface area contributed by atoms with Gasteiger partial charge in [-0.15, -0.1) is 0 Å². The number of carboxylic acid groups (broad SMARTS) is 1. The number of nitrogens with zero attached hydrogens (tertiary/aromatic N) is 1. The van der Waals surface area contributed by atoms with Crippen molar-refractivity contribution in [2.75, 3.05) is 14.2 Å². The van der Waals surface area contributed by atoms with Gasteiger partial charge in [-0.05, 0) is 30.7 Å². The summed E-state index contributed by atoms with van der Waals surface area (Å²) in [4.78, 5) is 11.1. The number of hydrogen-bond donors (Lipinski definition) is 1. The van der Waals surface area contributed by atoms with E-state index in [1.807, 2.05) is 6.07 Å². The maximum atomic E-state index is 11.1. The van der Waals surface area contributed by atoms with E-state index in [0.717, 1.165) is 0 Å². The third-order valence-electron chi connectivity index (χ3n) is 2.75. The maximum Gasteiger partial charge on any atom is 0.324 e. The molecule has 0 aliphatic rings. The number of carboxylic acids is 1. The molecule has 1 unspecified atom stereocenters. The first-order valence-electron chi connectivity index (χ1n) is 5.32. The topological polar surface area (TPSA) is 79.5 Å². The summed E-state index contributed by atoms with van der Waals surface area (Å²) in [5.74, 6) is -0.0233. The standard InChI is InChI=1S/C13H15NO4/c1-13(8-14,12(15)16)7-9-6-10(17-2)4-5-11(9)18-3/h4-6H,7H2,1-3H3,(H,15,16). The van der Waals surface area contributed by atoms with Crippen molar-refractivity contribution in [1.82, 2.24) is 0 Å². The van der Waals surface area contributed by atoms with Gasteiger partial charge in [0.1, 0.15) is 11.5 Å². The van der Waals surface area contributed by atoms with E-state index in [1.54, 1.807) is 18.2 Å². The molecule has 1 rings (SSSR count). The van der Waals surface area contributed by atoms with Crippen LogP contribution in [0.25, 0.3) is 0 Å². The molecule has 0 aromatic heterocycles. The van der Waals surface area contributed by atoms with Gasteiger partial charge < -0.3 is 14.6 Å². The lowest BCUT2D eigenvalue weighted by Crippen LogP contribution is -2.28. The lowest BCUT2D eigenvalue weighted by atomic mass is 9.85. The van der Waals surface area contributed by atoms with Crippen LogP contribution in [0.15, 0.2) is 18.2 Å². The van der Waals surface area contributed by atoms with Gasteiger partial charge in [0.15, 0.2) is 5.41 Å². The van der Waals surface area contributed by atoms with Gasteiger partial charge in [-0.2, -0.15) is 5.26 Å². The molecule has 1 aromatic rings. The number of carbonyl (C=O) groups is 1. The van der Waals surface area contributed by atoms with Gasteiger partial charge in [-0.3, -0.25) is 4.79 Å². The van der Waals surface area contributed by atoms with E-state index < -0.39 is 11.4 Å². The number of nitriles is 1. The van der Waals surface area contributed by atoms with E-state index in [2.05, 4.69) is 0 Å². The molecule has 5 heteroatoms. The summed E-state index contributed by atoms with van der Waals surface area (Å²) in [7, 11) is 3.02. The highest BCUT2D eigenvalue weighted by Crippen LogP contribution is 2.30. The smallest absolute Gasteiger partial charge is 0.324 e. The van der Waals surface area contributed by atoms with Crippen LogP contribution in [-0.4, -0.2) is 25.3 Å². The van der Waals surface area contributed by atoms with Crippen LogP contribution in [0.5, 0.6) is 11.5 Å². The van der Waals surface area contributed by atoms with E-state index in [0.29, 0.717) is 17.1 Å². The summed E-state index contributed by atoms with van der Waals surface area (Å²) >= 11 is 0. The number of ether oxygens (including phenoxy) is 2. The quantitative estimate of drug-likeness (QED) is 0.861. The molecule has 0 radical (unpaired) electrons. The zero-order chi connectivity index (χ0) is 13.8. The molecule has 0 aliphatic carbocycles. The van der Waals surface area contributed by atoms with Crippen LogP contribution >= 0.6 is 0 Å². The highest BCUT2D eigenvalue weighted by molar-refractivity contribution is 5.78.